The Balaban J connectivity index is 1.54. The highest BCUT2D eigenvalue weighted by atomic mass is 16.5. The predicted molar refractivity (Wildman–Crippen MR) is 96.0 cm³/mol. The molecule has 0 radical (unpaired) electrons. The summed E-state index contributed by atoms with van der Waals surface area (Å²) in [5.74, 6) is 2.80. The fourth-order valence-electron chi connectivity index (χ4n) is 2.95. The van der Waals surface area contributed by atoms with Gasteiger partial charge in [-0.3, -0.25) is 4.99 Å². The molecule has 1 unspecified atom stereocenters. The van der Waals surface area contributed by atoms with Gasteiger partial charge in [-0.05, 0) is 18.6 Å². The molecule has 1 saturated heterocycles. The van der Waals surface area contributed by atoms with Crippen LogP contribution in [0.5, 0.6) is 5.75 Å². The van der Waals surface area contributed by atoms with Crippen molar-refractivity contribution in [3.8, 4) is 5.75 Å². The van der Waals surface area contributed by atoms with Crippen molar-refractivity contribution in [1.29, 1.82) is 0 Å². The summed E-state index contributed by atoms with van der Waals surface area (Å²) in [6.45, 7) is 4.11. The third-order valence-electron chi connectivity index (χ3n) is 4.16. The van der Waals surface area contributed by atoms with Crippen LogP contribution < -0.4 is 20.3 Å². The van der Waals surface area contributed by atoms with Crippen LogP contribution in [0, 0.1) is 6.92 Å². The maximum Gasteiger partial charge on any atom is 0.223 e. The van der Waals surface area contributed by atoms with E-state index in [2.05, 4.69) is 36.7 Å². The molecule has 3 rings (SSSR count). The summed E-state index contributed by atoms with van der Waals surface area (Å²) in [6, 6.07) is 8.41. The summed E-state index contributed by atoms with van der Waals surface area (Å²) < 4.78 is 10.4. The lowest BCUT2D eigenvalue weighted by atomic mass is 10.2. The second-order valence-electron chi connectivity index (χ2n) is 5.90. The molecule has 8 nitrogen and oxygen atoms in total. The standard InChI is InChI=1S/C17H24N6O2/c1-12-20-16(22-25-12)10-19-17(18-2)21-13-8-9-23(11-13)14-6-4-5-7-15(14)24-3/h4-7,13H,8-11H2,1-3H3,(H2,18,19,21). The fourth-order valence-corrected chi connectivity index (χ4v) is 2.95. The molecule has 2 aromatic rings. The molecular weight excluding hydrogens is 320 g/mol. The van der Waals surface area contributed by atoms with Gasteiger partial charge >= 0.3 is 0 Å². The Labute approximate surface area is 147 Å². The number of aryl methyl sites for hydroxylation is 1. The van der Waals surface area contributed by atoms with E-state index >= 15 is 0 Å². The fraction of sp³-hybridized carbons (Fsp3) is 0.471. The van der Waals surface area contributed by atoms with Gasteiger partial charge in [0, 0.05) is 33.1 Å². The zero-order valence-electron chi connectivity index (χ0n) is 14.8. The second-order valence-corrected chi connectivity index (χ2v) is 5.90. The van der Waals surface area contributed by atoms with Crippen molar-refractivity contribution in [3.63, 3.8) is 0 Å². The van der Waals surface area contributed by atoms with E-state index in [0.717, 1.165) is 36.9 Å². The largest absolute Gasteiger partial charge is 0.495 e. The van der Waals surface area contributed by atoms with E-state index in [1.807, 2.05) is 18.2 Å². The van der Waals surface area contributed by atoms with Crippen LogP contribution in [0.1, 0.15) is 18.1 Å². The molecule has 0 aliphatic carbocycles. The maximum absolute atomic E-state index is 5.46. The Morgan fingerprint density at radius 1 is 1.44 bits per heavy atom. The van der Waals surface area contributed by atoms with Crippen molar-refractivity contribution in [2.75, 3.05) is 32.1 Å². The van der Waals surface area contributed by atoms with Gasteiger partial charge in [0.25, 0.3) is 0 Å². The number of hydrogen-bond acceptors (Lipinski definition) is 6. The topological polar surface area (TPSA) is 87.8 Å². The summed E-state index contributed by atoms with van der Waals surface area (Å²) >= 11 is 0. The van der Waals surface area contributed by atoms with Crippen LogP contribution in [0.25, 0.3) is 0 Å². The lowest BCUT2D eigenvalue weighted by Crippen LogP contribution is -2.44. The Morgan fingerprint density at radius 2 is 2.28 bits per heavy atom. The number of aliphatic imine (C=N–C) groups is 1. The predicted octanol–water partition coefficient (Wildman–Crippen LogP) is 1.33. The second kappa shape index (κ2) is 7.87. The third-order valence-corrected chi connectivity index (χ3v) is 4.16. The summed E-state index contributed by atoms with van der Waals surface area (Å²) in [7, 11) is 3.46. The molecule has 1 fully saturated rings. The molecule has 1 aliphatic rings. The average Bonchev–Trinajstić information content (AvgIpc) is 3.27. The molecule has 25 heavy (non-hydrogen) atoms. The smallest absolute Gasteiger partial charge is 0.223 e. The number of rotatable bonds is 5. The van der Waals surface area contributed by atoms with Crippen LogP contribution in [0.4, 0.5) is 5.69 Å². The van der Waals surface area contributed by atoms with E-state index in [1.54, 1.807) is 21.1 Å². The monoisotopic (exact) mass is 344 g/mol. The number of hydrogen-bond donors (Lipinski definition) is 2. The maximum atomic E-state index is 5.46. The molecule has 1 aliphatic heterocycles. The first-order valence-electron chi connectivity index (χ1n) is 8.34. The molecule has 8 heteroatoms. The summed E-state index contributed by atoms with van der Waals surface area (Å²) in [6.07, 6.45) is 1.03. The summed E-state index contributed by atoms with van der Waals surface area (Å²) in [4.78, 5) is 10.8. The number of nitrogens with one attached hydrogen (secondary N) is 2. The SMILES string of the molecule is CN=C(NCc1noc(C)n1)NC1CCN(c2ccccc2OC)C1. The van der Waals surface area contributed by atoms with Crippen LogP contribution in [-0.2, 0) is 6.54 Å². The van der Waals surface area contributed by atoms with Crippen molar-refractivity contribution in [3.05, 3.63) is 36.0 Å². The highest BCUT2D eigenvalue weighted by molar-refractivity contribution is 5.80. The minimum absolute atomic E-state index is 0.308. The van der Waals surface area contributed by atoms with Gasteiger partial charge in [0.1, 0.15) is 5.75 Å². The first-order valence-corrected chi connectivity index (χ1v) is 8.34. The number of anilines is 1. The van der Waals surface area contributed by atoms with Crippen molar-refractivity contribution in [2.24, 2.45) is 4.99 Å². The minimum atomic E-state index is 0.308. The molecule has 0 bridgehead atoms. The first kappa shape index (κ1) is 17.1. The molecular formula is C17H24N6O2. The van der Waals surface area contributed by atoms with E-state index < -0.39 is 0 Å². The van der Waals surface area contributed by atoms with Crippen LogP contribution in [0.3, 0.4) is 0 Å². The molecule has 0 saturated carbocycles. The molecule has 1 atom stereocenters. The van der Waals surface area contributed by atoms with E-state index in [-0.39, 0.29) is 0 Å². The van der Waals surface area contributed by atoms with Crippen LogP contribution in [-0.4, -0.2) is 49.4 Å². The number of para-hydroxylation sites is 2. The van der Waals surface area contributed by atoms with Gasteiger partial charge in [-0.15, -0.1) is 0 Å². The van der Waals surface area contributed by atoms with Gasteiger partial charge in [0.2, 0.25) is 5.89 Å². The average molecular weight is 344 g/mol. The number of aromatic nitrogens is 2. The number of methoxy groups -OCH3 is 1. The van der Waals surface area contributed by atoms with E-state index in [4.69, 9.17) is 9.26 Å². The lowest BCUT2D eigenvalue weighted by molar-refractivity contribution is 0.386. The first-order chi connectivity index (χ1) is 12.2. The highest BCUT2D eigenvalue weighted by Crippen LogP contribution is 2.30. The molecule has 134 valence electrons. The van der Waals surface area contributed by atoms with Crippen molar-refractivity contribution >= 4 is 11.6 Å². The number of benzene rings is 1. The van der Waals surface area contributed by atoms with Crippen molar-refractivity contribution in [1.82, 2.24) is 20.8 Å². The zero-order valence-corrected chi connectivity index (χ0v) is 14.8. The minimum Gasteiger partial charge on any atom is -0.495 e. The normalized spacial score (nSPS) is 17.6. The van der Waals surface area contributed by atoms with Crippen LogP contribution in [0.15, 0.2) is 33.8 Å². The van der Waals surface area contributed by atoms with E-state index in [0.29, 0.717) is 24.3 Å². The lowest BCUT2D eigenvalue weighted by Gasteiger charge is -2.22. The van der Waals surface area contributed by atoms with E-state index in [9.17, 15) is 0 Å². The molecule has 0 spiro atoms. The zero-order chi connectivity index (χ0) is 17.6. The van der Waals surface area contributed by atoms with Crippen LogP contribution in [0.2, 0.25) is 0 Å². The molecule has 1 aromatic carbocycles. The Hall–Kier alpha value is -2.77. The number of nitrogens with zero attached hydrogens (tertiary/aromatic N) is 4. The van der Waals surface area contributed by atoms with E-state index in [1.165, 1.54) is 0 Å². The van der Waals surface area contributed by atoms with Gasteiger partial charge < -0.3 is 24.8 Å². The summed E-state index contributed by atoms with van der Waals surface area (Å²) in [5.41, 5.74) is 1.12. The van der Waals surface area contributed by atoms with Gasteiger partial charge in [0.15, 0.2) is 11.8 Å². The van der Waals surface area contributed by atoms with Gasteiger partial charge in [-0.2, -0.15) is 4.98 Å². The molecule has 0 amide bonds. The Morgan fingerprint density at radius 3 is 3.00 bits per heavy atom. The van der Waals surface area contributed by atoms with Gasteiger partial charge in [-0.25, -0.2) is 0 Å². The number of ether oxygens (including phenoxy) is 1. The Kier molecular flexibility index (Phi) is 5.37. The highest BCUT2D eigenvalue weighted by Gasteiger charge is 2.25. The Bertz CT molecular complexity index is 729. The molecule has 2 heterocycles. The van der Waals surface area contributed by atoms with Crippen LogP contribution >= 0.6 is 0 Å². The number of guanidine groups is 1. The molecule has 1 aromatic heterocycles. The van der Waals surface area contributed by atoms with Crippen molar-refractivity contribution < 1.29 is 9.26 Å². The molecule has 2 N–H and O–H groups in total. The van der Waals surface area contributed by atoms with Crippen molar-refractivity contribution in [2.45, 2.75) is 25.9 Å². The van der Waals surface area contributed by atoms with Gasteiger partial charge in [0.05, 0.1) is 19.3 Å². The third kappa shape index (κ3) is 4.20. The quantitative estimate of drug-likeness (QED) is 0.625. The summed E-state index contributed by atoms with van der Waals surface area (Å²) in [5, 5.41) is 10.5. The van der Waals surface area contributed by atoms with Gasteiger partial charge in [-0.1, -0.05) is 17.3 Å².